The van der Waals surface area contributed by atoms with Crippen LogP contribution in [0.5, 0.6) is 0 Å². The van der Waals surface area contributed by atoms with E-state index in [0.717, 1.165) is 21.3 Å². The third-order valence-electron chi connectivity index (χ3n) is 2.75. The number of sulfone groups is 1. The standard InChI is InChI=1S/C11H18ClNO2S2/c1-5-13-10(8(3)17(4,14)15)9-6-7(2)11(12)16-9/h6,8,10,13H,5H2,1-4H3. The summed E-state index contributed by atoms with van der Waals surface area (Å²) in [6, 6.07) is 1.77. The third kappa shape index (κ3) is 3.68. The van der Waals surface area contributed by atoms with E-state index in [1.807, 2.05) is 19.9 Å². The molecule has 0 saturated carbocycles. The van der Waals surface area contributed by atoms with E-state index in [2.05, 4.69) is 5.32 Å². The minimum atomic E-state index is -3.07. The van der Waals surface area contributed by atoms with Crippen LogP contribution in [0, 0.1) is 6.92 Å². The highest BCUT2D eigenvalue weighted by Gasteiger charge is 2.28. The van der Waals surface area contributed by atoms with Crippen LogP contribution in [-0.4, -0.2) is 26.5 Å². The van der Waals surface area contributed by atoms with Gasteiger partial charge in [0, 0.05) is 11.1 Å². The number of hydrogen-bond donors (Lipinski definition) is 1. The Labute approximate surface area is 112 Å². The van der Waals surface area contributed by atoms with Crippen molar-refractivity contribution in [2.75, 3.05) is 12.8 Å². The lowest BCUT2D eigenvalue weighted by Gasteiger charge is -2.22. The number of rotatable bonds is 5. The Morgan fingerprint density at radius 3 is 2.47 bits per heavy atom. The maximum atomic E-state index is 11.6. The van der Waals surface area contributed by atoms with Gasteiger partial charge in [-0.2, -0.15) is 0 Å². The monoisotopic (exact) mass is 295 g/mol. The predicted molar refractivity (Wildman–Crippen MR) is 74.8 cm³/mol. The summed E-state index contributed by atoms with van der Waals surface area (Å²) in [6.07, 6.45) is 1.27. The van der Waals surface area contributed by atoms with Crippen LogP contribution in [0.25, 0.3) is 0 Å². The molecule has 6 heteroatoms. The first-order chi connectivity index (χ1) is 7.77. The van der Waals surface area contributed by atoms with E-state index in [9.17, 15) is 8.42 Å². The third-order valence-corrected chi connectivity index (χ3v) is 6.01. The van der Waals surface area contributed by atoms with Crippen molar-refractivity contribution in [1.29, 1.82) is 0 Å². The Balaban J connectivity index is 3.09. The van der Waals surface area contributed by atoms with Crippen molar-refractivity contribution in [1.82, 2.24) is 5.32 Å². The minimum absolute atomic E-state index is 0.189. The Hall–Kier alpha value is -0.100. The molecule has 0 amide bonds. The lowest BCUT2D eigenvalue weighted by atomic mass is 10.1. The van der Waals surface area contributed by atoms with Gasteiger partial charge >= 0.3 is 0 Å². The molecule has 0 fully saturated rings. The van der Waals surface area contributed by atoms with E-state index in [1.165, 1.54) is 17.6 Å². The van der Waals surface area contributed by atoms with Crippen LogP contribution in [0.4, 0.5) is 0 Å². The Morgan fingerprint density at radius 2 is 2.12 bits per heavy atom. The van der Waals surface area contributed by atoms with Gasteiger partial charge in [-0.15, -0.1) is 11.3 Å². The summed E-state index contributed by atoms with van der Waals surface area (Å²) < 4.78 is 24.0. The molecule has 0 saturated heterocycles. The summed E-state index contributed by atoms with van der Waals surface area (Å²) in [4.78, 5) is 0.979. The van der Waals surface area contributed by atoms with Crippen molar-refractivity contribution in [3.8, 4) is 0 Å². The summed E-state index contributed by atoms with van der Waals surface area (Å²) in [5, 5.41) is 2.76. The Morgan fingerprint density at radius 1 is 1.53 bits per heavy atom. The number of aryl methyl sites for hydroxylation is 1. The molecule has 2 unspecified atom stereocenters. The molecule has 1 rings (SSSR count). The second-order valence-corrected chi connectivity index (χ2v) is 8.26. The second-order valence-electron chi connectivity index (χ2n) is 4.18. The highest BCUT2D eigenvalue weighted by atomic mass is 35.5. The molecule has 1 aromatic heterocycles. The molecule has 1 heterocycles. The van der Waals surface area contributed by atoms with E-state index < -0.39 is 15.1 Å². The van der Waals surface area contributed by atoms with Gasteiger partial charge in [0.2, 0.25) is 0 Å². The van der Waals surface area contributed by atoms with Crippen LogP contribution < -0.4 is 5.32 Å². The number of nitrogens with one attached hydrogen (secondary N) is 1. The normalized spacial score (nSPS) is 15.8. The van der Waals surface area contributed by atoms with E-state index >= 15 is 0 Å². The van der Waals surface area contributed by atoms with Crippen molar-refractivity contribution in [2.45, 2.75) is 32.1 Å². The SMILES string of the molecule is CCNC(c1cc(C)c(Cl)s1)C(C)S(C)(=O)=O. The van der Waals surface area contributed by atoms with Gasteiger partial charge in [0.25, 0.3) is 0 Å². The second kappa shape index (κ2) is 5.69. The molecule has 0 bridgehead atoms. The molecule has 0 radical (unpaired) electrons. The Bertz CT molecular complexity index is 462. The molecule has 3 nitrogen and oxygen atoms in total. The van der Waals surface area contributed by atoms with Gasteiger partial charge < -0.3 is 5.32 Å². The van der Waals surface area contributed by atoms with Crippen molar-refractivity contribution in [3.05, 3.63) is 20.8 Å². The van der Waals surface area contributed by atoms with Crippen molar-refractivity contribution in [3.63, 3.8) is 0 Å². The summed E-state index contributed by atoms with van der Waals surface area (Å²) in [5.41, 5.74) is 0.996. The molecular weight excluding hydrogens is 278 g/mol. The Kier molecular flexibility index (Phi) is 5.01. The number of thiophene rings is 1. The van der Waals surface area contributed by atoms with E-state index in [1.54, 1.807) is 6.92 Å². The lowest BCUT2D eigenvalue weighted by molar-refractivity contribution is 0.518. The molecular formula is C11H18ClNO2S2. The van der Waals surface area contributed by atoms with Crippen LogP contribution in [0.3, 0.4) is 0 Å². The first-order valence-corrected chi connectivity index (χ1v) is 8.60. The molecule has 17 heavy (non-hydrogen) atoms. The van der Waals surface area contributed by atoms with Crippen LogP contribution in [0.1, 0.15) is 30.3 Å². The molecule has 1 aromatic rings. The summed E-state index contributed by atoms with van der Waals surface area (Å²) >= 11 is 7.48. The summed E-state index contributed by atoms with van der Waals surface area (Å²) in [6.45, 7) is 6.34. The van der Waals surface area contributed by atoms with Gasteiger partial charge in [-0.05, 0) is 32.0 Å². The predicted octanol–water partition coefficient (Wildman–Crippen LogP) is 2.79. The van der Waals surface area contributed by atoms with Crippen LogP contribution in [0.2, 0.25) is 4.34 Å². The highest BCUT2D eigenvalue weighted by molar-refractivity contribution is 7.91. The molecule has 2 atom stereocenters. The smallest absolute Gasteiger partial charge is 0.151 e. The van der Waals surface area contributed by atoms with Crippen LogP contribution in [-0.2, 0) is 9.84 Å². The van der Waals surface area contributed by atoms with Gasteiger partial charge in [0.1, 0.15) is 0 Å². The fourth-order valence-corrected chi connectivity index (χ4v) is 3.82. The maximum absolute atomic E-state index is 11.6. The van der Waals surface area contributed by atoms with Crippen LogP contribution in [0.15, 0.2) is 6.07 Å². The van der Waals surface area contributed by atoms with E-state index in [0.29, 0.717) is 0 Å². The fraction of sp³-hybridized carbons (Fsp3) is 0.636. The van der Waals surface area contributed by atoms with Crippen molar-refractivity contribution >= 4 is 32.8 Å². The topological polar surface area (TPSA) is 46.2 Å². The fourth-order valence-electron chi connectivity index (χ4n) is 1.60. The number of hydrogen-bond acceptors (Lipinski definition) is 4. The van der Waals surface area contributed by atoms with E-state index in [4.69, 9.17) is 11.6 Å². The van der Waals surface area contributed by atoms with Gasteiger partial charge in [-0.3, -0.25) is 0 Å². The zero-order chi connectivity index (χ0) is 13.2. The largest absolute Gasteiger partial charge is 0.308 e. The lowest BCUT2D eigenvalue weighted by Crippen LogP contribution is -2.34. The average molecular weight is 296 g/mol. The van der Waals surface area contributed by atoms with Crippen molar-refractivity contribution < 1.29 is 8.42 Å². The number of halogens is 1. The van der Waals surface area contributed by atoms with Crippen molar-refractivity contribution in [2.24, 2.45) is 0 Å². The summed E-state index contributed by atoms with van der Waals surface area (Å²) in [5.74, 6) is 0. The molecule has 0 aliphatic heterocycles. The van der Waals surface area contributed by atoms with Gasteiger partial charge in [0.15, 0.2) is 9.84 Å². The first-order valence-electron chi connectivity index (χ1n) is 5.45. The molecule has 1 N–H and O–H groups in total. The molecule has 0 spiro atoms. The first kappa shape index (κ1) is 15.0. The highest BCUT2D eigenvalue weighted by Crippen LogP contribution is 2.33. The average Bonchev–Trinajstić information content (AvgIpc) is 2.53. The summed E-state index contributed by atoms with van der Waals surface area (Å²) in [7, 11) is -3.07. The minimum Gasteiger partial charge on any atom is -0.308 e. The van der Waals surface area contributed by atoms with Crippen LogP contribution >= 0.6 is 22.9 Å². The van der Waals surface area contributed by atoms with E-state index in [-0.39, 0.29) is 6.04 Å². The molecule has 0 aliphatic rings. The zero-order valence-electron chi connectivity index (χ0n) is 10.5. The molecule has 0 aromatic carbocycles. The molecule has 98 valence electrons. The molecule has 0 aliphatic carbocycles. The maximum Gasteiger partial charge on any atom is 0.151 e. The van der Waals surface area contributed by atoms with Gasteiger partial charge in [0.05, 0.1) is 15.6 Å². The zero-order valence-corrected chi connectivity index (χ0v) is 12.8. The van der Waals surface area contributed by atoms with Gasteiger partial charge in [-0.1, -0.05) is 18.5 Å². The quantitative estimate of drug-likeness (QED) is 0.908. The van der Waals surface area contributed by atoms with Gasteiger partial charge in [-0.25, -0.2) is 8.42 Å².